The minimum Gasteiger partial charge on any atom is -0.349 e. The lowest BCUT2D eigenvalue weighted by atomic mass is 9.87. The molecular weight excluding hydrogens is 520 g/mol. The highest BCUT2D eigenvalue weighted by Gasteiger charge is 2.39. The van der Waals surface area contributed by atoms with E-state index in [4.69, 9.17) is 47.9 Å². The van der Waals surface area contributed by atoms with E-state index >= 15 is 0 Å². The summed E-state index contributed by atoms with van der Waals surface area (Å²) in [5.74, 6) is -2.33. The Bertz CT molecular complexity index is 1140. The number of carbonyl (C=O) groups is 1. The zero-order valence-corrected chi connectivity index (χ0v) is 20.6. The van der Waals surface area contributed by atoms with E-state index in [0.717, 1.165) is 18.2 Å². The van der Waals surface area contributed by atoms with E-state index in [2.05, 4.69) is 11.4 Å². The van der Waals surface area contributed by atoms with Crippen LogP contribution < -0.4 is 10.8 Å². The zero-order valence-electron chi connectivity index (χ0n) is 18.4. The van der Waals surface area contributed by atoms with Crippen LogP contribution in [0, 0.1) is 11.3 Å². The molecule has 1 unspecified atom stereocenters. The smallest absolute Gasteiger partial charge is 0.349 e. The number of nitriles is 1. The molecule has 1 aliphatic rings. The fourth-order valence-electron chi connectivity index (χ4n) is 3.86. The molecule has 0 saturated carbocycles. The molecule has 0 aliphatic carbocycles. The van der Waals surface area contributed by atoms with Crippen molar-refractivity contribution in [2.24, 2.45) is 0 Å². The fourth-order valence-corrected chi connectivity index (χ4v) is 4.47. The Morgan fingerprint density at radius 3 is 2.37 bits per heavy atom. The molecule has 35 heavy (non-hydrogen) atoms. The summed E-state index contributed by atoms with van der Waals surface area (Å²) in [4.78, 5) is 14.7. The van der Waals surface area contributed by atoms with Gasteiger partial charge in [-0.3, -0.25) is 9.69 Å². The molecule has 2 aromatic carbocycles. The third-order valence-electron chi connectivity index (χ3n) is 5.74. The first kappa shape index (κ1) is 27.4. The van der Waals surface area contributed by atoms with Crippen molar-refractivity contribution in [1.82, 2.24) is 10.2 Å². The number of allylic oxidation sites excluding steroid dienone is 1. The number of hydrogen-bond donors (Lipinski definition) is 1. The lowest BCUT2D eigenvalue weighted by Gasteiger charge is -2.30. The molecule has 1 aliphatic heterocycles. The molecule has 182 valence electrons. The number of piperidine rings is 1. The molecule has 11 heteroatoms. The standard InChI is InChI=1S/C24H20BCl3F3N3O/c25-19-11-14(1-3-17(19)23(35)33-16-5-8-34(9-6-16)10-7-32)2-4-18(24(29,30)31)15-12-20(26)22(28)21(27)13-15/h1-4,11-13,16,18H,5-6,8-10H2,(H,33,35)/b4-2+. The molecule has 0 bridgehead atoms. The number of nitrogens with zero attached hydrogens (tertiary/aromatic N) is 2. The molecular formula is C24H20BCl3F3N3O. The molecule has 2 radical (unpaired) electrons. The monoisotopic (exact) mass is 539 g/mol. The molecule has 3 rings (SSSR count). The highest BCUT2D eigenvalue weighted by atomic mass is 35.5. The molecule has 2 aromatic rings. The van der Waals surface area contributed by atoms with Gasteiger partial charge in [0.15, 0.2) is 0 Å². The van der Waals surface area contributed by atoms with Crippen molar-refractivity contribution < 1.29 is 18.0 Å². The molecule has 1 amide bonds. The van der Waals surface area contributed by atoms with Gasteiger partial charge in [-0.05, 0) is 42.2 Å². The number of likely N-dealkylation sites (tertiary alicyclic amines) is 1. The van der Waals surface area contributed by atoms with E-state index < -0.39 is 12.1 Å². The third kappa shape index (κ3) is 7.17. The number of amides is 1. The first-order chi connectivity index (χ1) is 16.5. The van der Waals surface area contributed by atoms with E-state index in [1.165, 1.54) is 24.3 Å². The minimum atomic E-state index is -4.61. The Kier molecular flexibility index (Phi) is 9.17. The highest BCUT2D eigenvalue weighted by molar-refractivity contribution is 6.48. The minimum absolute atomic E-state index is 0.0173. The Morgan fingerprint density at radius 2 is 1.83 bits per heavy atom. The summed E-state index contributed by atoms with van der Waals surface area (Å²) in [6, 6.07) is 8.77. The predicted octanol–water partition coefficient (Wildman–Crippen LogP) is 5.52. The summed E-state index contributed by atoms with van der Waals surface area (Å²) in [5, 5.41) is 11.5. The van der Waals surface area contributed by atoms with Crippen LogP contribution in [0.25, 0.3) is 6.08 Å². The van der Waals surface area contributed by atoms with Crippen LogP contribution in [0.5, 0.6) is 0 Å². The second-order valence-corrected chi connectivity index (χ2v) is 9.40. The fraction of sp³-hybridized carbons (Fsp3) is 0.333. The molecule has 1 heterocycles. The Hall–Kier alpha value is -2.18. The third-order valence-corrected chi connectivity index (χ3v) is 6.93. The van der Waals surface area contributed by atoms with E-state index in [-0.39, 0.29) is 43.6 Å². The van der Waals surface area contributed by atoms with Gasteiger partial charge in [0, 0.05) is 24.7 Å². The van der Waals surface area contributed by atoms with Crippen LogP contribution in [-0.4, -0.2) is 50.5 Å². The summed E-state index contributed by atoms with van der Waals surface area (Å²) in [5.41, 5.74) is 0.625. The second-order valence-electron chi connectivity index (χ2n) is 8.21. The van der Waals surface area contributed by atoms with Crippen molar-refractivity contribution in [1.29, 1.82) is 5.26 Å². The SMILES string of the molecule is [B]c1cc(/C=C/C(c2cc(Cl)c(Cl)c(Cl)c2)C(F)(F)F)ccc1C(=O)NC1CCN(CC#N)CC1. The van der Waals surface area contributed by atoms with E-state index in [0.29, 0.717) is 38.0 Å². The Balaban J connectivity index is 1.73. The summed E-state index contributed by atoms with van der Waals surface area (Å²) in [7, 11) is 6.04. The van der Waals surface area contributed by atoms with Crippen molar-refractivity contribution in [2.45, 2.75) is 31.0 Å². The van der Waals surface area contributed by atoms with Crippen LogP contribution in [-0.2, 0) is 0 Å². The van der Waals surface area contributed by atoms with Gasteiger partial charge in [-0.25, -0.2) is 0 Å². The van der Waals surface area contributed by atoms with Gasteiger partial charge >= 0.3 is 6.18 Å². The quantitative estimate of drug-likeness (QED) is 0.298. The molecule has 4 nitrogen and oxygen atoms in total. The maximum Gasteiger partial charge on any atom is 0.399 e. The van der Waals surface area contributed by atoms with Gasteiger partial charge in [-0.15, -0.1) is 0 Å². The summed E-state index contributed by atoms with van der Waals surface area (Å²) in [6.07, 6.45) is -0.931. The molecule has 1 fully saturated rings. The van der Waals surface area contributed by atoms with Crippen LogP contribution in [0.3, 0.4) is 0 Å². The van der Waals surface area contributed by atoms with Crippen molar-refractivity contribution in [3.63, 3.8) is 0 Å². The molecule has 0 spiro atoms. The first-order valence-corrected chi connectivity index (χ1v) is 11.8. The number of rotatable bonds is 6. The van der Waals surface area contributed by atoms with Crippen LogP contribution in [0.1, 0.15) is 40.2 Å². The lowest BCUT2D eigenvalue weighted by Crippen LogP contribution is -2.45. The van der Waals surface area contributed by atoms with Gasteiger partial charge in [0.2, 0.25) is 0 Å². The van der Waals surface area contributed by atoms with Crippen LogP contribution >= 0.6 is 34.8 Å². The molecule has 1 atom stereocenters. The van der Waals surface area contributed by atoms with Crippen molar-refractivity contribution in [2.75, 3.05) is 19.6 Å². The summed E-state index contributed by atoms with van der Waals surface area (Å²) < 4.78 is 41.2. The second kappa shape index (κ2) is 11.7. The first-order valence-electron chi connectivity index (χ1n) is 10.7. The number of halogens is 6. The van der Waals surface area contributed by atoms with Gasteiger partial charge in [-0.2, -0.15) is 18.4 Å². The van der Waals surface area contributed by atoms with E-state index in [1.54, 1.807) is 0 Å². The number of benzene rings is 2. The average molecular weight is 541 g/mol. The molecule has 0 aromatic heterocycles. The van der Waals surface area contributed by atoms with Gasteiger partial charge < -0.3 is 5.32 Å². The average Bonchev–Trinajstić information content (AvgIpc) is 2.78. The molecule has 1 N–H and O–H groups in total. The number of alkyl halides is 3. The Labute approximate surface area is 218 Å². The summed E-state index contributed by atoms with van der Waals surface area (Å²) in [6.45, 7) is 1.78. The number of carbonyl (C=O) groups excluding carboxylic acids is 1. The van der Waals surface area contributed by atoms with Crippen molar-refractivity contribution in [3.05, 3.63) is 68.2 Å². The predicted molar refractivity (Wildman–Crippen MR) is 134 cm³/mol. The molecule has 1 saturated heterocycles. The van der Waals surface area contributed by atoms with E-state index in [9.17, 15) is 18.0 Å². The highest BCUT2D eigenvalue weighted by Crippen LogP contribution is 2.41. The van der Waals surface area contributed by atoms with Gasteiger partial charge in [-0.1, -0.05) is 64.6 Å². The summed E-state index contributed by atoms with van der Waals surface area (Å²) >= 11 is 17.7. The maximum atomic E-state index is 13.7. The van der Waals surface area contributed by atoms with Crippen LogP contribution in [0.2, 0.25) is 15.1 Å². The Morgan fingerprint density at radius 1 is 1.20 bits per heavy atom. The number of nitrogens with one attached hydrogen (secondary N) is 1. The zero-order chi connectivity index (χ0) is 25.8. The lowest BCUT2D eigenvalue weighted by molar-refractivity contribution is -0.139. The van der Waals surface area contributed by atoms with Gasteiger partial charge in [0.25, 0.3) is 5.91 Å². The van der Waals surface area contributed by atoms with Crippen molar-refractivity contribution in [3.8, 4) is 6.07 Å². The number of hydrogen-bond acceptors (Lipinski definition) is 3. The maximum absolute atomic E-state index is 13.7. The largest absolute Gasteiger partial charge is 0.399 e. The van der Waals surface area contributed by atoms with Crippen molar-refractivity contribution >= 4 is 60.1 Å². The van der Waals surface area contributed by atoms with Gasteiger partial charge in [0.1, 0.15) is 7.85 Å². The topological polar surface area (TPSA) is 56.1 Å². The van der Waals surface area contributed by atoms with Crippen LogP contribution in [0.15, 0.2) is 36.4 Å². The van der Waals surface area contributed by atoms with Gasteiger partial charge in [0.05, 0.1) is 33.6 Å². The van der Waals surface area contributed by atoms with E-state index in [1.807, 2.05) is 4.90 Å². The van der Waals surface area contributed by atoms with Crippen LogP contribution in [0.4, 0.5) is 13.2 Å². The normalized spacial score (nSPS) is 16.3.